The molecule has 1 fully saturated rings. The summed E-state index contributed by atoms with van der Waals surface area (Å²) in [6.07, 6.45) is 4.71. The van der Waals surface area contributed by atoms with Gasteiger partial charge in [-0.3, -0.25) is 0 Å². The number of nitrogens with one attached hydrogen (secondary N) is 1. The molecule has 0 unspecified atom stereocenters. The molecule has 0 spiro atoms. The van der Waals surface area contributed by atoms with Crippen molar-refractivity contribution in [3.05, 3.63) is 0 Å². The van der Waals surface area contributed by atoms with E-state index in [1.54, 1.807) is 4.90 Å². The molecule has 0 heterocycles. The van der Waals surface area contributed by atoms with Crippen LogP contribution in [0.1, 0.15) is 39.0 Å². The van der Waals surface area contributed by atoms with Crippen LogP contribution >= 0.6 is 0 Å². The summed E-state index contributed by atoms with van der Waals surface area (Å²) in [5.74, 6) is 0. The average Bonchev–Trinajstić information content (AvgIpc) is 3.03. The SMILES string of the molecule is CCCCNC(=O)N(CCC#N)C1CC1. The van der Waals surface area contributed by atoms with E-state index in [0.717, 1.165) is 32.2 Å². The molecule has 1 aliphatic rings. The van der Waals surface area contributed by atoms with Crippen molar-refractivity contribution in [1.82, 2.24) is 10.2 Å². The van der Waals surface area contributed by atoms with Crippen LogP contribution < -0.4 is 5.32 Å². The van der Waals surface area contributed by atoms with Crippen molar-refractivity contribution in [1.29, 1.82) is 5.26 Å². The molecular formula is C11H19N3O. The van der Waals surface area contributed by atoms with Crippen LogP contribution in [-0.2, 0) is 0 Å². The van der Waals surface area contributed by atoms with Gasteiger partial charge in [0.2, 0.25) is 0 Å². The van der Waals surface area contributed by atoms with Crippen molar-refractivity contribution in [2.24, 2.45) is 0 Å². The van der Waals surface area contributed by atoms with Crippen LogP contribution in [0.3, 0.4) is 0 Å². The van der Waals surface area contributed by atoms with E-state index in [9.17, 15) is 4.79 Å². The molecule has 15 heavy (non-hydrogen) atoms. The molecule has 0 atom stereocenters. The largest absolute Gasteiger partial charge is 0.338 e. The molecule has 0 bridgehead atoms. The highest BCUT2D eigenvalue weighted by molar-refractivity contribution is 5.74. The van der Waals surface area contributed by atoms with E-state index < -0.39 is 0 Å². The number of carbonyl (C=O) groups is 1. The maximum absolute atomic E-state index is 11.7. The fraction of sp³-hybridized carbons (Fsp3) is 0.818. The second-order valence-corrected chi connectivity index (χ2v) is 3.92. The summed E-state index contributed by atoms with van der Waals surface area (Å²) in [4.78, 5) is 13.5. The second kappa shape index (κ2) is 6.28. The van der Waals surface area contributed by atoms with E-state index in [1.807, 2.05) is 0 Å². The normalized spacial score (nSPS) is 14.4. The molecule has 0 aromatic rings. The lowest BCUT2D eigenvalue weighted by Crippen LogP contribution is -2.42. The minimum atomic E-state index is 0.00111. The molecule has 4 heteroatoms. The van der Waals surface area contributed by atoms with E-state index in [2.05, 4.69) is 18.3 Å². The van der Waals surface area contributed by atoms with Crippen molar-refractivity contribution in [3.8, 4) is 6.07 Å². The lowest BCUT2D eigenvalue weighted by atomic mass is 10.3. The number of rotatable bonds is 6. The third-order valence-corrected chi connectivity index (χ3v) is 2.52. The Hall–Kier alpha value is -1.24. The number of hydrogen-bond acceptors (Lipinski definition) is 2. The quantitative estimate of drug-likeness (QED) is 0.679. The fourth-order valence-corrected chi connectivity index (χ4v) is 1.48. The molecule has 4 nitrogen and oxygen atoms in total. The molecular weight excluding hydrogens is 190 g/mol. The first kappa shape index (κ1) is 11.8. The van der Waals surface area contributed by atoms with Crippen LogP contribution in [-0.4, -0.2) is 30.1 Å². The monoisotopic (exact) mass is 209 g/mol. The fourth-order valence-electron chi connectivity index (χ4n) is 1.48. The van der Waals surface area contributed by atoms with E-state index >= 15 is 0 Å². The van der Waals surface area contributed by atoms with E-state index in [4.69, 9.17) is 5.26 Å². The van der Waals surface area contributed by atoms with Gasteiger partial charge in [0.1, 0.15) is 0 Å². The van der Waals surface area contributed by atoms with Gasteiger partial charge < -0.3 is 10.2 Å². The Morgan fingerprint density at radius 1 is 1.60 bits per heavy atom. The Bertz CT molecular complexity index is 243. The molecule has 2 amide bonds. The van der Waals surface area contributed by atoms with Crippen LogP contribution in [0.5, 0.6) is 0 Å². The number of nitrogens with zero attached hydrogens (tertiary/aromatic N) is 2. The predicted molar refractivity (Wildman–Crippen MR) is 58.3 cm³/mol. The Balaban J connectivity index is 2.28. The van der Waals surface area contributed by atoms with Gasteiger partial charge in [0, 0.05) is 19.1 Å². The van der Waals surface area contributed by atoms with Gasteiger partial charge in [-0.15, -0.1) is 0 Å². The number of amides is 2. The smallest absolute Gasteiger partial charge is 0.317 e. The van der Waals surface area contributed by atoms with Crippen molar-refractivity contribution < 1.29 is 4.79 Å². The number of nitriles is 1. The topological polar surface area (TPSA) is 56.1 Å². The van der Waals surface area contributed by atoms with E-state index in [-0.39, 0.29) is 6.03 Å². The van der Waals surface area contributed by atoms with E-state index in [1.165, 1.54) is 0 Å². The lowest BCUT2D eigenvalue weighted by molar-refractivity contribution is 0.196. The van der Waals surface area contributed by atoms with Gasteiger partial charge in [-0.05, 0) is 19.3 Å². The molecule has 1 saturated carbocycles. The number of urea groups is 1. The molecule has 1 N–H and O–H groups in total. The zero-order valence-corrected chi connectivity index (χ0v) is 9.33. The first-order chi connectivity index (χ1) is 7.29. The molecule has 0 saturated heterocycles. The summed E-state index contributed by atoms with van der Waals surface area (Å²) < 4.78 is 0. The molecule has 0 aromatic heterocycles. The first-order valence-corrected chi connectivity index (χ1v) is 5.71. The summed E-state index contributed by atoms with van der Waals surface area (Å²) in [6, 6.07) is 2.47. The maximum Gasteiger partial charge on any atom is 0.317 e. The predicted octanol–water partition coefficient (Wildman–Crippen LogP) is 1.87. The van der Waals surface area contributed by atoms with Gasteiger partial charge in [0.05, 0.1) is 12.5 Å². The molecule has 84 valence electrons. The minimum absolute atomic E-state index is 0.00111. The van der Waals surface area contributed by atoms with Crippen LogP contribution in [0.4, 0.5) is 4.79 Å². The Labute approximate surface area is 91.2 Å². The van der Waals surface area contributed by atoms with Gasteiger partial charge in [-0.1, -0.05) is 13.3 Å². The first-order valence-electron chi connectivity index (χ1n) is 5.71. The van der Waals surface area contributed by atoms with Gasteiger partial charge in [0.25, 0.3) is 0 Å². The van der Waals surface area contributed by atoms with Gasteiger partial charge in [0.15, 0.2) is 0 Å². The minimum Gasteiger partial charge on any atom is -0.338 e. The number of unbranched alkanes of at least 4 members (excludes halogenated alkanes) is 1. The molecule has 1 rings (SSSR count). The molecule has 0 aromatic carbocycles. The van der Waals surface area contributed by atoms with Crippen LogP contribution in [0.25, 0.3) is 0 Å². The molecule has 0 aliphatic heterocycles. The van der Waals surface area contributed by atoms with Gasteiger partial charge >= 0.3 is 6.03 Å². The van der Waals surface area contributed by atoms with Crippen LogP contribution in [0.15, 0.2) is 0 Å². The lowest BCUT2D eigenvalue weighted by Gasteiger charge is -2.21. The average molecular weight is 209 g/mol. The number of hydrogen-bond donors (Lipinski definition) is 1. The zero-order valence-electron chi connectivity index (χ0n) is 9.33. The van der Waals surface area contributed by atoms with Crippen molar-refractivity contribution in [2.75, 3.05) is 13.1 Å². The Morgan fingerprint density at radius 3 is 2.87 bits per heavy atom. The summed E-state index contributed by atoms with van der Waals surface area (Å²) >= 11 is 0. The van der Waals surface area contributed by atoms with Gasteiger partial charge in [-0.25, -0.2) is 4.79 Å². The highest BCUT2D eigenvalue weighted by Gasteiger charge is 2.31. The molecule has 1 aliphatic carbocycles. The summed E-state index contributed by atoms with van der Waals surface area (Å²) in [5, 5.41) is 11.4. The third-order valence-electron chi connectivity index (χ3n) is 2.52. The van der Waals surface area contributed by atoms with Crippen molar-refractivity contribution >= 4 is 6.03 Å². The van der Waals surface area contributed by atoms with Crippen molar-refractivity contribution in [3.63, 3.8) is 0 Å². The molecule has 0 radical (unpaired) electrons. The summed E-state index contributed by atoms with van der Waals surface area (Å²) in [5.41, 5.74) is 0. The summed E-state index contributed by atoms with van der Waals surface area (Å²) in [6.45, 7) is 3.41. The standard InChI is InChI=1S/C11H19N3O/c1-2-3-8-13-11(15)14(9-4-7-12)10-5-6-10/h10H,2-6,8-9H2,1H3,(H,13,15). The third kappa shape index (κ3) is 4.20. The van der Waals surface area contributed by atoms with Gasteiger partial charge in [-0.2, -0.15) is 5.26 Å². The summed E-state index contributed by atoms with van der Waals surface area (Å²) in [7, 11) is 0. The Morgan fingerprint density at radius 2 is 2.33 bits per heavy atom. The zero-order chi connectivity index (χ0) is 11.1. The Kier molecular flexibility index (Phi) is 4.96. The highest BCUT2D eigenvalue weighted by Crippen LogP contribution is 2.26. The van der Waals surface area contributed by atoms with Crippen molar-refractivity contribution in [2.45, 2.75) is 45.1 Å². The highest BCUT2D eigenvalue weighted by atomic mass is 16.2. The second-order valence-electron chi connectivity index (χ2n) is 3.92. The number of carbonyl (C=O) groups excluding carboxylic acids is 1. The maximum atomic E-state index is 11.7. The van der Waals surface area contributed by atoms with Crippen LogP contribution in [0.2, 0.25) is 0 Å². The van der Waals surface area contributed by atoms with Crippen LogP contribution in [0, 0.1) is 11.3 Å². The van der Waals surface area contributed by atoms with E-state index in [0.29, 0.717) is 19.0 Å².